The van der Waals surface area contributed by atoms with Crippen LogP contribution >= 0.6 is 0 Å². The first kappa shape index (κ1) is 15.3. The van der Waals surface area contributed by atoms with Gasteiger partial charge in [-0.15, -0.1) is 0 Å². The summed E-state index contributed by atoms with van der Waals surface area (Å²) in [6, 6.07) is 0. The Hall–Kier alpha value is -0.610. The average Bonchev–Trinajstić information content (AvgIpc) is 3.20. The molecule has 2 saturated heterocycles. The van der Waals surface area contributed by atoms with Crippen LogP contribution in [0.25, 0.3) is 0 Å². The third kappa shape index (κ3) is 4.19. The summed E-state index contributed by atoms with van der Waals surface area (Å²) >= 11 is 0. The van der Waals surface area contributed by atoms with Crippen LogP contribution in [0.15, 0.2) is 0 Å². The highest BCUT2D eigenvalue weighted by atomic mass is 16.5. The summed E-state index contributed by atoms with van der Waals surface area (Å²) in [4.78, 5) is 14.9. The van der Waals surface area contributed by atoms with E-state index in [9.17, 15) is 4.79 Å². The van der Waals surface area contributed by atoms with Crippen LogP contribution in [0.2, 0.25) is 0 Å². The SMILES string of the molecule is O=C([C@H]1CCCO1)N(CC1CCCCC1)C[C@H]1CCOC1. The van der Waals surface area contributed by atoms with Crippen LogP contribution in [0.1, 0.15) is 51.4 Å². The first-order chi connectivity index (χ1) is 10.3. The number of hydrogen-bond acceptors (Lipinski definition) is 3. The van der Waals surface area contributed by atoms with Crippen LogP contribution in [0, 0.1) is 11.8 Å². The Morgan fingerprint density at radius 1 is 0.905 bits per heavy atom. The minimum absolute atomic E-state index is 0.170. The Labute approximate surface area is 128 Å². The number of carbonyl (C=O) groups is 1. The van der Waals surface area contributed by atoms with E-state index < -0.39 is 0 Å². The zero-order chi connectivity index (χ0) is 14.5. The van der Waals surface area contributed by atoms with E-state index in [0.717, 1.165) is 52.2 Å². The molecule has 1 saturated carbocycles. The minimum Gasteiger partial charge on any atom is -0.381 e. The van der Waals surface area contributed by atoms with E-state index in [0.29, 0.717) is 11.8 Å². The lowest BCUT2D eigenvalue weighted by atomic mass is 9.88. The first-order valence-electron chi connectivity index (χ1n) is 8.81. The molecule has 0 N–H and O–H groups in total. The van der Waals surface area contributed by atoms with Gasteiger partial charge in [-0.05, 0) is 38.0 Å². The summed E-state index contributed by atoms with van der Waals surface area (Å²) in [5.41, 5.74) is 0. The highest BCUT2D eigenvalue weighted by molar-refractivity contribution is 5.81. The second-order valence-corrected chi connectivity index (χ2v) is 6.98. The monoisotopic (exact) mass is 295 g/mol. The molecule has 4 heteroatoms. The molecule has 0 aromatic rings. The molecule has 120 valence electrons. The van der Waals surface area contributed by atoms with E-state index in [-0.39, 0.29) is 12.0 Å². The molecule has 1 amide bonds. The van der Waals surface area contributed by atoms with Crippen LogP contribution in [0.3, 0.4) is 0 Å². The highest BCUT2D eigenvalue weighted by Gasteiger charge is 2.32. The molecule has 0 radical (unpaired) electrons. The molecule has 3 aliphatic rings. The maximum absolute atomic E-state index is 12.8. The fraction of sp³-hybridized carbons (Fsp3) is 0.941. The molecule has 2 heterocycles. The molecule has 2 aliphatic heterocycles. The number of carbonyl (C=O) groups excluding carboxylic acids is 1. The third-order valence-corrected chi connectivity index (χ3v) is 5.22. The summed E-state index contributed by atoms with van der Waals surface area (Å²) in [5.74, 6) is 1.47. The summed E-state index contributed by atoms with van der Waals surface area (Å²) < 4.78 is 11.1. The highest BCUT2D eigenvalue weighted by Crippen LogP contribution is 2.26. The van der Waals surface area contributed by atoms with Gasteiger partial charge in [-0.3, -0.25) is 4.79 Å². The molecular weight excluding hydrogens is 266 g/mol. The zero-order valence-electron chi connectivity index (χ0n) is 13.1. The van der Waals surface area contributed by atoms with Crippen LogP contribution in [-0.2, 0) is 14.3 Å². The molecule has 0 bridgehead atoms. The normalized spacial score (nSPS) is 30.7. The van der Waals surface area contributed by atoms with E-state index in [1.165, 1.54) is 32.1 Å². The van der Waals surface area contributed by atoms with Crippen molar-refractivity contribution >= 4 is 5.91 Å². The van der Waals surface area contributed by atoms with Crippen molar-refractivity contribution in [2.75, 3.05) is 32.9 Å². The molecule has 3 fully saturated rings. The van der Waals surface area contributed by atoms with E-state index in [2.05, 4.69) is 4.90 Å². The summed E-state index contributed by atoms with van der Waals surface area (Å²) in [5, 5.41) is 0. The van der Waals surface area contributed by atoms with E-state index in [1.807, 2.05) is 0 Å². The fourth-order valence-corrected chi connectivity index (χ4v) is 3.95. The van der Waals surface area contributed by atoms with Gasteiger partial charge < -0.3 is 14.4 Å². The molecule has 4 nitrogen and oxygen atoms in total. The van der Waals surface area contributed by atoms with Crippen molar-refractivity contribution in [3.63, 3.8) is 0 Å². The Kier molecular flexibility index (Phi) is 5.53. The van der Waals surface area contributed by atoms with Gasteiger partial charge in [-0.25, -0.2) is 0 Å². The maximum atomic E-state index is 12.8. The van der Waals surface area contributed by atoms with Gasteiger partial charge >= 0.3 is 0 Å². The average molecular weight is 295 g/mol. The summed E-state index contributed by atoms with van der Waals surface area (Å²) in [6.07, 6.45) is 9.47. The predicted molar refractivity (Wildman–Crippen MR) is 81.1 cm³/mol. The second kappa shape index (κ2) is 7.59. The molecule has 0 unspecified atom stereocenters. The molecule has 21 heavy (non-hydrogen) atoms. The zero-order valence-corrected chi connectivity index (χ0v) is 13.1. The summed E-state index contributed by atoms with van der Waals surface area (Å²) in [7, 11) is 0. The van der Waals surface area contributed by atoms with Gasteiger partial charge in [-0.1, -0.05) is 19.3 Å². The largest absolute Gasteiger partial charge is 0.381 e. The molecule has 0 aromatic heterocycles. The molecule has 3 rings (SSSR count). The van der Waals surface area contributed by atoms with Crippen molar-refractivity contribution in [2.24, 2.45) is 11.8 Å². The van der Waals surface area contributed by atoms with Gasteiger partial charge in [0.25, 0.3) is 5.91 Å². The van der Waals surface area contributed by atoms with E-state index in [1.54, 1.807) is 0 Å². The molecule has 0 aromatic carbocycles. The number of rotatable bonds is 5. The van der Waals surface area contributed by atoms with Crippen LogP contribution < -0.4 is 0 Å². The quantitative estimate of drug-likeness (QED) is 0.782. The van der Waals surface area contributed by atoms with Crippen molar-refractivity contribution in [1.29, 1.82) is 0 Å². The van der Waals surface area contributed by atoms with Crippen LogP contribution in [0.4, 0.5) is 0 Å². The van der Waals surface area contributed by atoms with Crippen molar-refractivity contribution in [2.45, 2.75) is 57.5 Å². The molecule has 0 spiro atoms. The lowest BCUT2D eigenvalue weighted by Crippen LogP contribution is -2.44. The van der Waals surface area contributed by atoms with Crippen molar-refractivity contribution in [3.8, 4) is 0 Å². The van der Waals surface area contributed by atoms with Gasteiger partial charge in [0.1, 0.15) is 6.10 Å². The van der Waals surface area contributed by atoms with Crippen molar-refractivity contribution in [3.05, 3.63) is 0 Å². The Bertz CT molecular complexity index is 329. The fourth-order valence-electron chi connectivity index (χ4n) is 3.95. The van der Waals surface area contributed by atoms with Gasteiger partial charge in [0, 0.05) is 32.2 Å². The second-order valence-electron chi connectivity index (χ2n) is 6.98. The molecular formula is C17H29NO3. The van der Waals surface area contributed by atoms with E-state index >= 15 is 0 Å². The minimum atomic E-state index is -0.170. The lowest BCUT2D eigenvalue weighted by molar-refractivity contribution is -0.142. The Morgan fingerprint density at radius 3 is 2.38 bits per heavy atom. The van der Waals surface area contributed by atoms with Gasteiger partial charge in [0.05, 0.1) is 6.61 Å². The number of amides is 1. The number of nitrogens with zero attached hydrogens (tertiary/aromatic N) is 1. The van der Waals surface area contributed by atoms with Gasteiger partial charge in [0.2, 0.25) is 0 Å². The van der Waals surface area contributed by atoms with Crippen molar-refractivity contribution < 1.29 is 14.3 Å². The number of ether oxygens (including phenoxy) is 2. The van der Waals surface area contributed by atoms with Crippen LogP contribution in [0.5, 0.6) is 0 Å². The number of hydrogen-bond donors (Lipinski definition) is 0. The molecule has 2 atom stereocenters. The standard InChI is InChI=1S/C17H29NO3/c19-17(16-7-4-9-21-16)18(12-15-8-10-20-13-15)11-14-5-2-1-3-6-14/h14-16H,1-13H2/t15-,16-/m1/s1. The topological polar surface area (TPSA) is 38.8 Å². The molecule has 1 aliphatic carbocycles. The lowest BCUT2D eigenvalue weighted by Gasteiger charge is -2.32. The summed E-state index contributed by atoms with van der Waals surface area (Å²) in [6.45, 7) is 4.24. The van der Waals surface area contributed by atoms with Crippen LogP contribution in [-0.4, -0.2) is 49.8 Å². The smallest absolute Gasteiger partial charge is 0.251 e. The van der Waals surface area contributed by atoms with Gasteiger partial charge in [0.15, 0.2) is 0 Å². The van der Waals surface area contributed by atoms with E-state index in [4.69, 9.17) is 9.47 Å². The Balaban J connectivity index is 1.59. The maximum Gasteiger partial charge on any atom is 0.251 e. The third-order valence-electron chi connectivity index (χ3n) is 5.22. The predicted octanol–water partition coefficient (Wildman–Crippen LogP) is 2.61. The Morgan fingerprint density at radius 2 is 1.71 bits per heavy atom. The first-order valence-corrected chi connectivity index (χ1v) is 8.81. The van der Waals surface area contributed by atoms with Gasteiger partial charge in [-0.2, -0.15) is 0 Å². The van der Waals surface area contributed by atoms with Crippen molar-refractivity contribution in [1.82, 2.24) is 4.90 Å².